The van der Waals surface area contributed by atoms with Crippen LogP contribution >= 0.6 is 0 Å². The SMILES string of the molecule is Cc1ccc2c(c1)[C@@H](NC(=O)N1CCC[C@H]1Cn1ccnn1)CCC2. The lowest BCUT2D eigenvalue weighted by Gasteiger charge is -2.31. The second kappa shape index (κ2) is 6.86. The average Bonchev–Trinajstić information content (AvgIpc) is 3.28. The average molecular weight is 339 g/mol. The molecule has 2 aromatic rings. The van der Waals surface area contributed by atoms with Gasteiger partial charge < -0.3 is 10.2 Å². The van der Waals surface area contributed by atoms with E-state index in [1.807, 2.05) is 15.8 Å². The first-order valence-electron chi connectivity index (χ1n) is 9.21. The number of nitrogens with one attached hydrogen (secondary N) is 1. The van der Waals surface area contributed by atoms with E-state index in [-0.39, 0.29) is 18.1 Å². The van der Waals surface area contributed by atoms with Crippen LogP contribution in [0.3, 0.4) is 0 Å². The van der Waals surface area contributed by atoms with Gasteiger partial charge in [0.1, 0.15) is 0 Å². The molecule has 1 aliphatic heterocycles. The molecule has 2 heterocycles. The van der Waals surface area contributed by atoms with Gasteiger partial charge in [-0.2, -0.15) is 0 Å². The fourth-order valence-corrected chi connectivity index (χ4v) is 4.14. The number of aryl methyl sites for hydroxylation is 2. The number of nitrogens with zero attached hydrogens (tertiary/aromatic N) is 4. The van der Waals surface area contributed by atoms with E-state index in [4.69, 9.17) is 0 Å². The maximum Gasteiger partial charge on any atom is 0.318 e. The Morgan fingerprint density at radius 2 is 2.24 bits per heavy atom. The van der Waals surface area contributed by atoms with Crippen LogP contribution in [0.2, 0.25) is 0 Å². The molecule has 1 aromatic carbocycles. The molecule has 1 saturated heterocycles. The molecule has 0 spiro atoms. The molecule has 2 atom stereocenters. The third kappa shape index (κ3) is 3.38. The lowest BCUT2D eigenvalue weighted by Crippen LogP contribution is -2.46. The molecule has 0 bridgehead atoms. The van der Waals surface area contributed by atoms with Crippen molar-refractivity contribution in [2.45, 2.75) is 57.7 Å². The summed E-state index contributed by atoms with van der Waals surface area (Å²) in [6.45, 7) is 3.65. The van der Waals surface area contributed by atoms with Gasteiger partial charge >= 0.3 is 6.03 Å². The van der Waals surface area contributed by atoms with Crippen molar-refractivity contribution in [3.63, 3.8) is 0 Å². The zero-order valence-corrected chi connectivity index (χ0v) is 14.7. The number of hydrogen-bond donors (Lipinski definition) is 1. The van der Waals surface area contributed by atoms with Gasteiger partial charge in [0.15, 0.2) is 0 Å². The summed E-state index contributed by atoms with van der Waals surface area (Å²) >= 11 is 0. The molecule has 0 saturated carbocycles. The minimum atomic E-state index is 0.0574. The molecule has 6 nitrogen and oxygen atoms in total. The van der Waals surface area contributed by atoms with Crippen molar-refractivity contribution >= 4 is 6.03 Å². The van der Waals surface area contributed by atoms with E-state index in [9.17, 15) is 4.79 Å². The van der Waals surface area contributed by atoms with Crippen LogP contribution in [0.4, 0.5) is 4.79 Å². The number of benzene rings is 1. The van der Waals surface area contributed by atoms with Crippen LogP contribution in [0.1, 0.15) is 48.4 Å². The number of urea groups is 1. The Hall–Kier alpha value is -2.37. The van der Waals surface area contributed by atoms with E-state index in [0.29, 0.717) is 6.54 Å². The number of hydrogen-bond acceptors (Lipinski definition) is 3. The highest BCUT2D eigenvalue weighted by Crippen LogP contribution is 2.31. The van der Waals surface area contributed by atoms with Crippen LogP contribution in [-0.4, -0.2) is 38.5 Å². The quantitative estimate of drug-likeness (QED) is 0.935. The number of amides is 2. The molecule has 1 fully saturated rings. The summed E-state index contributed by atoms with van der Waals surface area (Å²) in [5.41, 5.74) is 3.93. The molecule has 1 aliphatic carbocycles. The maximum atomic E-state index is 12.9. The van der Waals surface area contributed by atoms with E-state index < -0.39 is 0 Å². The summed E-state index contributed by atoms with van der Waals surface area (Å²) in [6.07, 6.45) is 8.86. The van der Waals surface area contributed by atoms with E-state index in [2.05, 4.69) is 40.8 Å². The van der Waals surface area contributed by atoms with Crippen LogP contribution in [0, 0.1) is 6.92 Å². The Balaban J connectivity index is 1.46. The van der Waals surface area contributed by atoms with Crippen molar-refractivity contribution in [3.05, 3.63) is 47.3 Å². The van der Waals surface area contributed by atoms with E-state index in [1.165, 1.54) is 16.7 Å². The Labute approximate surface area is 148 Å². The Morgan fingerprint density at radius 1 is 1.32 bits per heavy atom. The van der Waals surface area contributed by atoms with Gasteiger partial charge in [-0.25, -0.2) is 4.79 Å². The summed E-state index contributed by atoms with van der Waals surface area (Å²) in [5.74, 6) is 0. The highest BCUT2D eigenvalue weighted by atomic mass is 16.2. The molecule has 1 aromatic heterocycles. The standard InChI is InChI=1S/C19H25N5O/c1-14-7-8-15-4-2-6-18(17(15)12-14)21-19(25)24-10-3-5-16(24)13-23-11-9-20-22-23/h7-9,11-12,16,18H,2-6,10,13H2,1H3,(H,21,25)/t16-,18-/m0/s1. The molecule has 6 heteroatoms. The van der Waals surface area contributed by atoms with Gasteiger partial charge in [0.25, 0.3) is 0 Å². The van der Waals surface area contributed by atoms with Crippen molar-refractivity contribution in [1.82, 2.24) is 25.2 Å². The summed E-state index contributed by atoms with van der Waals surface area (Å²) in [7, 11) is 0. The normalized spacial score (nSPS) is 22.7. The minimum Gasteiger partial charge on any atom is -0.331 e. The molecule has 4 rings (SSSR count). The molecule has 0 radical (unpaired) electrons. The van der Waals surface area contributed by atoms with Crippen LogP contribution in [0.15, 0.2) is 30.6 Å². The fraction of sp³-hybridized carbons (Fsp3) is 0.526. The van der Waals surface area contributed by atoms with E-state index in [1.54, 1.807) is 6.20 Å². The van der Waals surface area contributed by atoms with Crippen molar-refractivity contribution in [3.8, 4) is 0 Å². The number of fused-ring (bicyclic) bond motifs is 1. The van der Waals surface area contributed by atoms with Crippen molar-refractivity contribution in [2.75, 3.05) is 6.54 Å². The predicted octanol–water partition coefficient (Wildman–Crippen LogP) is 2.84. The van der Waals surface area contributed by atoms with Gasteiger partial charge in [-0.3, -0.25) is 4.68 Å². The van der Waals surface area contributed by atoms with Crippen LogP contribution in [0.5, 0.6) is 0 Å². The molecular formula is C19H25N5O. The smallest absolute Gasteiger partial charge is 0.318 e. The topological polar surface area (TPSA) is 63.1 Å². The Morgan fingerprint density at radius 3 is 3.08 bits per heavy atom. The monoisotopic (exact) mass is 339 g/mol. The van der Waals surface area contributed by atoms with Gasteiger partial charge in [0, 0.05) is 12.7 Å². The lowest BCUT2D eigenvalue weighted by molar-refractivity contribution is 0.180. The second-order valence-corrected chi connectivity index (χ2v) is 7.21. The van der Waals surface area contributed by atoms with Crippen molar-refractivity contribution in [1.29, 1.82) is 0 Å². The van der Waals surface area contributed by atoms with Gasteiger partial charge in [-0.1, -0.05) is 29.0 Å². The van der Waals surface area contributed by atoms with Crippen LogP contribution < -0.4 is 5.32 Å². The van der Waals surface area contributed by atoms with Crippen molar-refractivity contribution < 1.29 is 4.79 Å². The molecule has 2 aliphatic rings. The number of likely N-dealkylation sites (tertiary alicyclic amines) is 1. The maximum absolute atomic E-state index is 12.9. The van der Waals surface area contributed by atoms with Crippen LogP contribution in [-0.2, 0) is 13.0 Å². The summed E-state index contributed by atoms with van der Waals surface area (Å²) in [6, 6.07) is 6.99. The van der Waals surface area contributed by atoms with Gasteiger partial charge in [-0.15, -0.1) is 5.10 Å². The lowest BCUT2D eigenvalue weighted by atomic mass is 9.87. The first-order valence-corrected chi connectivity index (χ1v) is 9.21. The molecule has 25 heavy (non-hydrogen) atoms. The number of carbonyl (C=O) groups is 1. The molecule has 132 valence electrons. The highest BCUT2D eigenvalue weighted by molar-refractivity contribution is 5.75. The largest absolute Gasteiger partial charge is 0.331 e. The zero-order valence-electron chi connectivity index (χ0n) is 14.7. The molecule has 1 N–H and O–H groups in total. The van der Waals surface area contributed by atoms with Crippen LogP contribution in [0.25, 0.3) is 0 Å². The Kier molecular flexibility index (Phi) is 4.42. The first-order chi connectivity index (χ1) is 12.2. The highest BCUT2D eigenvalue weighted by Gasteiger charge is 2.31. The zero-order chi connectivity index (χ0) is 17.2. The van der Waals surface area contributed by atoms with Gasteiger partial charge in [-0.05, 0) is 50.2 Å². The molecular weight excluding hydrogens is 314 g/mol. The fourth-order valence-electron chi connectivity index (χ4n) is 4.14. The number of carbonyl (C=O) groups excluding carboxylic acids is 1. The summed E-state index contributed by atoms with van der Waals surface area (Å²) in [5, 5.41) is 11.2. The first kappa shape index (κ1) is 16.1. The second-order valence-electron chi connectivity index (χ2n) is 7.21. The van der Waals surface area contributed by atoms with Gasteiger partial charge in [0.05, 0.1) is 24.8 Å². The van der Waals surface area contributed by atoms with E-state index in [0.717, 1.165) is 38.6 Å². The number of rotatable bonds is 3. The van der Waals surface area contributed by atoms with E-state index >= 15 is 0 Å². The predicted molar refractivity (Wildman–Crippen MR) is 95.1 cm³/mol. The summed E-state index contributed by atoms with van der Waals surface area (Å²) in [4.78, 5) is 14.9. The number of aromatic nitrogens is 3. The summed E-state index contributed by atoms with van der Waals surface area (Å²) < 4.78 is 1.82. The van der Waals surface area contributed by atoms with Crippen molar-refractivity contribution in [2.24, 2.45) is 0 Å². The third-order valence-corrected chi connectivity index (χ3v) is 5.42. The molecule has 0 unspecified atom stereocenters. The van der Waals surface area contributed by atoms with Gasteiger partial charge in [0.2, 0.25) is 0 Å². The molecule has 2 amide bonds. The third-order valence-electron chi connectivity index (χ3n) is 5.42. The minimum absolute atomic E-state index is 0.0574. The Bertz CT molecular complexity index is 742.